The van der Waals surface area contributed by atoms with Gasteiger partial charge in [-0.1, -0.05) is 51.9 Å². The topological polar surface area (TPSA) is 31.0 Å². The van der Waals surface area contributed by atoms with Crippen molar-refractivity contribution in [3.8, 4) is 0 Å². The molecule has 0 aromatic rings. The fourth-order valence-corrected chi connectivity index (χ4v) is 3.15. The first-order valence-corrected chi connectivity index (χ1v) is 9.84. The third kappa shape index (κ3) is 10.4. The van der Waals surface area contributed by atoms with Crippen LogP contribution >= 0.6 is 0 Å². The Hall–Kier alpha value is -0.120. The Balaban J connectivity index is 2.11. The standard InChI is InChI=1S/C20H40O3/c1-5-6-7-8-9-10-13-18(20(2,3)21-4)14-11-12-15-22-16-19-17-23-19/h18-19H,5-17H2,1-4H3. The summed E-state index contributed by atoms with van der Waals surface area (Å²) < 4.78 is 16.5. The zero-order valence-corrected chi connectivity index (χ0v) is 16.1. The molecule has 23 heavy (non-hydrogen) atoms. The largest absolute Gasteiger partial charge is 0.379 e. The van der Waals surface area contributed by atoms with E-state index >= 15 is 0 Å². The van der Waals surface area contributed by atoms with Gasteiger partial charge in [-0.05, 0) is 39.0 Å². The van der Waals surface area contributed by atoms with E-state index in [4.69, 9.17) is 14.2 Å². The molecular weight excluding hydrogens is 288 g/mol. The Kier molecular flexibility index (Phi) is 11.2. The van der Waals surface area contributed by atoms with Crippen LogP contribution in [0.1, 0.15) is 85.0 Å². The van der Waals surface area contributed by atoms with Crippen molar-refractivity contribution in [3.63, 3.8) is 0 Å². The Labute approximate surface area is 144 Å². The first kappa shape index (κ1) is 20.9. The van der Waals surface area contributed by atoms with Crippen LogP contribution in [0.2, 0.25) is 0 Å². The molecule has 3 heteroatoms. The van der Waals surface area contributed by atoms with Gasteiger partial charge in [0.15, 0.2) is 0 Å². The number of methoxy groups -OCH3 is 1. The quantitative estimate of drug-likeness (QED) is 0.282. The maximum absolute atomic E-state index is 5.77. The van der Waals surface area contributed by atoms with Crippen molar-refractivity contribution in [2.45, 2.75) is 96.7 Å². The molecule has 0 radical (unpaired) electrons. The predicted octanol–water partition coefficient (Wildman–Crippen LogP) is 5.36. The van der Waals surface area contributed by atoms with Gasteiger partial charge in [0, 0.05) is 13.7 Å². The number of ether oxygens (including phenoxy) is 3. The molecule has 3 nitrogen and oxygen atoms in total. The van der Waals surface area contributed by atoms with Gasteiger partial charge in [-0.2, -0.15) is 0 Å². The fraction of sp³-hybridized carbons (Fsp3) is 1.00. The molecular formula is C20H40O3. The molecule has 138 valence electrons. The van der Waals surface area contributed by atoms with Gasteiger partial charge in [-0.15, -0.1) is 0 Å². The lowest BCUT2D eigenvalue weighted by molar-refractivity contribution is -0.0357. The van der Waals surface area contributed by atoms with E-state index in [0.29, 0.717) is 12.0 Å². The maximum Gasteiger partial charge on any atom is 0.104 e. The lowest BCUT2D eigenvalue weighted by atomic mass is 9.82. The molecule has 0 spiro atoms. The second-order valence-corrected chi connectivity index (χ2v) is 7.59. The average Bonchev–Trinajstić information content (AvgIpc) is 3.35. The zero-order valence-electron chi connectivity index (χ0n) is 16.1. The van der Waals surface area contributed by atoms with Gasteiger partial charge >= 0.3 is 0 Å². The first-order valence-electron chi connectivity index (χ1n) is 9.84. The highest BCUT2D eigenvalue weighted by molar-refractivity contribution is 4.79. The van der Waals surface area contributed by atoms with Crippen LogP contribution in [0.25, 0.3) is 0 Å². The molecule has 1 heterocycles. The summed E-state index contributed by atoms with van der Waals surface area (Å²) in [4.78, 5) is 0. The van der Waals surface area contributed by atoms with Gasteiger partial charge in [0.2, 0.25) is 0 Å². The van der Waals surface area contributed by atoms with E-state index in [9.17, 15) is 0 Å². The van der Waals surface area contributed by atoms with Crippen LogP contribution in [0.5, 0.6) is 0 Å². The molecule has 1 aliphatic heterocycles. The van der Waals surface area contributed by atoms with Crippen molar-refractivity contribution in [2.24, 2.45) is 5.92 Å². The van der Waals surface area contributed by atoms with Crippen LogP contribution in [0, 0.1) is 5.92 Å². The average molecular weight is 329 g/mol. The molecule has 0 saturated carbocycles. The number of rotatable bonds is 16. The van der Waals surface area contributed by atoms with E-state index in [-0.39, 0.29) is 5.60 Å². The summed E-state index contributed by atoms with van der Waals surface area (Å²) in [6.07, 6.45) is 13.6. The summed E-state index contributed by atoms with van der Waals surface area (Å²) in [7, 11) is 1.85. The number of hydrogen-bond donors (Lipinski definition) is 0. The predicted molar refractivity (Wildman–Crippen MR) is 97.0 cm³/mol. The molecule has 0 bridgehead atoms. The van der Waals surface area contributed by atoms with Gasteiger partial charge in [0.25, 0.3) is 0 Å². The summed E-state index contributed by atoms with van der Waals surface area (Å²) in [5.74, 6) is 0.658. The minimum Gasteiger partial charge on any atom is -0.379 e. The Morgan fingerprint density at radius 3 is 2.22 bits per heavy atom. The van der Waals surface area contributed by atoms with Crippen LogP contribution in [-0.4, -0.2) is 38.6 Å². The van der Waals surface area contributed by atoms with Gasteiger partial charge in [0.05, 0.1) is 18.8 Å². The molecule has 1 aliphatic rings. The monoisotopic (exact) mass is 328 g/mol. The van der Waals surface area contributed by atoms with Gasteiger partial charge in [0.1, 0.15) is 6.10 Å². The number of hydrogen-bond acceptors (Lipinski definition) is 3. The highest BCUT2D eigenvalue weighted by atomic mass is 16.6. The Morgan fingerprint density at radius 1 is 1.00 bits per heavy atom. The second-order valence-electron chi connectivity index (χ2n) is 7.59. The van der Waals surface area contributed by atoms with E-state index in [0.717, 1.165) is 26.2 Å². The van der Waals surface area contributed by atoms with Crippen LogP contribution in [-0.2, 0) is 14.2 Å². The van der Waals surface area contributed by atoms with E-state index in [1.807, 2.05) is 7.11 Å². The second kappa shape index (κ2) is 12.3. The maximum atomic E-state index is 5.77. The lowest BCUT2D eigenvalue weighted by Crippen LogP contribution is -2.33. The van der Waals surface area contributed by atoms with E-state index in [1.165, 1.54) is 57.8 Å². The van der Waals surface area contributed by atoms with Crippen molar-refractivity contribution in [2.75, 3.05) is 26.9 Å². The number of epoxide rings is 1. The highest BCUT2D eigenvalue weighted by Crippen LogP contribution is 2.30. The van der Waals surface area contributed by atoms with E-state index in [1.54, 1.807) is 0 Å². The zero-order chi connectivity index (χ0) is 17.0. The van der Waals surface area contributed by atoms with E-state index in [2.05, 4.69) is 20.8 Å². The SMILES string of the molecule is CCCCCCCCC(CCCCOCC1CO1)C(C)(C)OC. The third-order valence-electron chi connectivity index (χ3n) is 5.21. The van der Waals surface area contributed by atoms with Crippen LogP contribution < -0.4 is 0 Å². The summed E-state index contributed by atoms with van der Waals surface area (Å²) in [6, 6.07) is 0. The molecule has 1 rings (SSSR count). The summed E-state index contributed by atoms with van der Waals surface area (Å²) in [6.45, 7) is 9.31. The molecule has 1 saturated heterocycles. The van der Waals surface area contributed by atoms with Crippen LogP contribution in [0.15, 0.2) is 0 Å². The summed E-state index contributed by atoms with van der Waals surface area (Å²) in [5.41, 5.74) is -0.00781. The molecule has 0 aromatic carbocycles. The molecule has 0 aliphatic carbocycles. The molecule has 0 amide bonds. The minimum absolute atomic E-state index is 0.00781. The van der Waals surface area contributed by atoms with Crippen molar-refractivity contribution in [1.82, 2.24) is 0 Å². The lowest BCUT2D eigenvalue weighted by Gasteiger charge is -2.33. The van der Waals surface area contributed by atoms with Crippen molar-refractivity contribution < 1.29 is 14.2 Å². The van der Waals surface area contributed by atoms with Crippen molar-refractivity contribution >= 4 is 0 Å². The molecule has 2 unspecified atom stereocenters. The number of unbranched alkanes of at least 4 members (excludes halogenated alkanes) is 6. The van der Waals surface area contributed by atoms with Gasteiger partial charge < -0.3 is 14.2 Å². The molecule has 2 atom stereocenters. The summed E-state index contributed by atoms with van der Waals surface area (Å²) in [5, 5.41) is 0. The highest BCUT2D eigenvalue weighted by Gasteiger charge is 2.28. The van der Waals surface area contributed by atoms with Crippen molar-refractivity contribution in [1.29, 1.82) is 0 Å². The fourth-order valence-electron chi connectivity index (χ4n) is 3.15. The molecule has 0 N–H and O–H groups in total. The first-order chi connectivity index (χ1) is 11.1. The minimum atomic E-state index is -0.00781. The third-order valence-corrected chi connectivity index (χ3v) is 5.21. The van der Waals surface area contributed by atoms with Crippen molar-refractivity contribution in [3.05, 3.63) is 0 Å². The normalized spacial score (nSPS) is 19.0. The summed E-state index contributed by atoms with van der Waals surface area (Å²) >= 11 is 0. The van der Waals surface area contributed by atoms with Crippen LogP contribution in [0.3, 0.4) is 0 Å². The van der Waals surface area contributed by atoms with Crippen LogP contribution in [0.4, 0.5) is 0 Å². The molecule has 1 fully saturated rings. The smallest absolute Gasteiger partial charge is 0.104 e. The van der Waals surface area contributed by atoms with E-state index < -0.39 is 0 Å². The molecule has 0 aromatic heterocycles. The Bertz CT molecular complexity index is 274. The Morgan fingerprint density at radius 2 is 1.61 bits per heavy atom. The van der Waals surface area contributed by atoms with Gasteiger partial charge in [-0.25, -0.2) is 0 Å². The van der Waals surface area contributed by atoms with Gasteiger partial charge in [-0.3, -0.25) is 0 Å².